The zero-order valence-corrected chi connectivity index (χ0v) is 21.7. The molecule has 1 fully saturated rings. The minimum atomic E-state index is -0.694. The van der Waals surface area contributed by atoms with Gasteiger partial charge in [-0.2, -0.15) is 0 Å². The molecular weight excluding hydrogens is 442 g/mol. The summed E-state index contributed by atoms with van der Waals surface area (Å²) in [6.07, 6.45) is 2.00. The molecule has 35 heavy (non-hydrogen) atoms. The molecule has 1 saturated heterocycles. The number of carbonyl (C=O) groups is 2. The molecule has 6 heteroatoms. The van der Waals surface area contributed by atoms with E-state index >= 15 is 0 Å². The molecule has 0 saturated carbocycles. The number of likely N-dealkylation sites (tertiary alicyclic amines) is 1. The van der Waals surface area contributed by atoms with E-state index in [1.165, 1.54) is 4.90 Å². The molecule has 0 aliphatic carbocycles. The minimum absolute atomic E-state index is 0.0329. The number of ether oxygens (including phenoxy) is 2. The Morgan fingerprint density at radius 3 is 2.31 bits per heavy atom. The highest BCUT2D eigenvalue weighted by atomic mass is 16.5. The first-order valence-corrected chi connectivity index (χ1v) is 12.2. The van der Waals surface area contributed by atoms with Crippen molar-refractivity contribution in [2.75, 3.05) is 26.9 Å². The lowest BCUT2D eigenvalue weighted by molar-refractivity contribution is -0.140. The van der Waals surface area contributed by atoms with Crippen LogP contribution in [0.1, 0.15) is 68.8 Å². The van der Waals surface area contributed by atoms with E-state index in [0.29, 0.717) is 12.2 Å². The lowest BCUT2D eigenvalue weighted by atomic mass is 9.85. The van der Waals surface area contributed by atoms with Crippen LogP contribution in [0.25, 0.3) is 5.76 Å². The predicted octanol–water partition coefficient (Wildman–Crippen LogP) is 5.54. The molecule has 0 bridgehead atoms. The van der Waals surface area contributed by atoms with Crippen molar-refractivity contribution < 1.29 is 24.2 Å². The topological polar surface area (TPSA) is 76.1 Å². The second-order valence-electron chi connectivity index (χ2n) is 10.0. The molecule has 1 N–H and O–H groups in total. The summed E-state index contributed by atoms with van der Waals surface area (Å²) in [6.45, 7) is 11.5. The first kappa shape index (κ1) is 26.5. The Labute approximate surface area is 208 Å². The molecular formula is C29H37NO5. The molecule has 0 unspecified atom stereocenters. The van der Waals surface area contributed by atoms with Gasteiger partial charge in [-0.15, -0.1) is 0 Å². The largest absolute Gasteiger partial charge is 0.507 e. The van der Waals surface area contributed by atoms with Gasteiger partial charge in [0.05, 0.1) is 24.8 Å². The van der Waals surface area contributed by atoms with Crippen LogP contribution in [-0.2, 0) is 19.7 Å². The highest BCUT2D eigenvalue weighted by molar-refractivity contribution is 6.46. The lowest BCUT2D eigenvalue weighted by Gasteiger charge is -2.26. The third-order valence-electron chi connectivity index (χ3n) is 6.37. The van der Waals surface area contributed by atoms with Crippen molar-refractivity contribution in [1.29, 1.82) is 0 Å². The van der Waals surface area contributed by atoms with Gasteiger partial charge in [0.1, 0.15) is 11.5 Å². The number of aryl methyl sites for hydroxylation is 1. The van der Waals surface area contributed by atoms with Crippen molar-refractivity contribution in [3.8, 4) is 5.75 Å². The number of aliphatic hydroxyl groups excluding tert-OH is 1. The SMILES string of the molecule is CCCCOc1ccc(C(O)=C2C(=O)C(=O)N(CCOC)[C@H]2c2ccc(C(C)(C)C)cc2)cc1C. The van der Waals surface area contributed by atoms with Crippen LogP contribution in [-0.4, -0.2) is 48.6 Å². The molecule has 2 aromatic rings. The highest BCUT2D eigenvalue weighted by Crippen LogP contribution is 2.40. The number of aliphatic hydroxyl groups is 1. The Balaban J connectivity index is 2.06. The molecule has 3 rings (SSSR count). The summed E-state index contributed by atoms with van der Waals surface area (Å²) < 4.78 is 11.0. The van der Waals surface area contributed by atoms with E-state index in [2.05, 4.69) is 27.7 Å². The second-order valence-corrected chi connectivity index (χ2v) is 10.0. The Bertz CT molecular complexity index is 1100. The number of amides is 1. The number of hydrogen-bond acceptors (Lipinski definition) is 5. The maximum atomic E-state index is 13.2. The normalized spacial score (nSPS) is 17.8. The molecule has 0 spiro atoms. The van der Waals surface area contributed by atoms with Gasteiger partial charge in [0.15, 0.2) is 0 Å². The van der Waals surface area contributed by atoms with Crippen LogP contribution < -0.4 is 4.74 Å². The van der Waals surface area contributed by atoms with E-state index < -0.39 is 17.7 Å². The average molecular weight is 480 g/mol. The van der Waals surface area contributed by atoms with E-state index in [4.69, 9.17) is 9.47 Å². The van der Waals surface area contributed by atoms with Crippen molar-refractivity contribution >= 4 is 17.4 Å². The number of nitrogens with zero attached hydrogens (tertiary/aromatic N) is 1. The van der Waals surface area contributed by atoms with Crippen molar-refractivity contribution in [2.45, 2.75) is 58.9 Å². The van der Waals surface area contributed by atoms with E-state index in [-0.39, 0.29) is 29.9 Å². The maximum absolute atomic E-state index is 13.2. The molecule has 188 valence electrons. The summed E-state index contributed by atoms with van der Waals surface area (Å²) >= 11 is 0. The lowest BCUT2D eigenvalue weighted by Crippen LogP contribution is -2.32. The van der Waals surface area contributed by atoms with Crippen LogP contribution >= 0.6 is 0 Å². The summed E-state index contributed by atoms with van der Waals surface area (Å²) in [5.74, 6) is -0.768. The third kappa shape index (κ3) is 5.76. The second kappa shape index (κ2) is 11.1. The Morgan fingerprint density at radius 2 is 1.74 bits per heavy atom. The standard InChI is InChI=1S/C29H37NO5/c1-7-8-16-35-23-14-11-21(18-19(23)2)26(31)24-25(30(15-17-34-6)28(33)27(24)32)20-9-12-22(13-10-20)29(3,4)5/h9-14,18,25,31H,7-8,15-17H2,1-6H3/t25-/m0/s1. The molecule has 6 nitrogen and oxygen atoms in total. The van der Waals surface area contributed by atoms with E-state index in [0.717, 1.165) is 35.3 Å². The fourth-order valence-corrected chi connectivity index (χ4v) is 4.25. The summed E-state index contributed by atoms with van der Waals surface area (Å²) in [4.78, 5) is 27.6. The van der Waals surface area contributed by atoms with Crippen LogP contribution in [0.2, 0.25) is 0 Å². The van der Waals surface area contributed by atoms with Crippen LogP contribution in [0, 0.1) is 6.92 Å². The highest BCUT2D eigenvalue weighted by Gasteiger charge is 2.45. The van der Waals surface area contributed by atoms with Crippen molar-refractivity contribution in [2.24, 2.45) is 0 Å². The number of benzene rings is 2. The van der Waals surface area contributed by atoms with Crippen LogP contribution in [0.4, 0.5) is 0 Å². The zero-order valence-electron chi connectivity index (χ0n) is 21.7. The fraction of sp³-hybridized carbons (Fsp3) is 0.448. The Kier molecular flexibility index (Phi) is 8.39. The van der Waals surface area contributed by atoms with E-state index in [9.17, 15) is 14.7 Å². The molecule has 1 aliphatic heterocycles. The molecule has 0 aromatic heterocycles. The van der Waals surface area contributed by atoms with Gasteiger partial charge in [-0.3, -0.25) is 9.59 Å². The first-order chi connectivity index (χ1) is 16.6. The number of rotatable bonds is 9. The number of carbonyl (C=O) groups excluding carboxylic acids is 2. The van der Waals surface area contributed by atoms with Gasteiger partial charge >= 0.3 is 0 Å². The van der Waals surface area contributed by atoms with Gasteiger partial charge < -0.3 is 19.5 Å². The van der Waals surface area contributed by atoms with Crippen molar-refractivity contribution in [3.05, 3.63) is 70.3 Å². The number of hydrogen-bond donors (Lipinski definition) is 1. The first-order valence-electron chi connectivity index (χ1n) is 12.2. The monoisotopic (exact) mass is 479 g/mol. The summed E-state index contributed by atoms with van der Waals surface area (Å²) in [5.41, 5.74) is 3.30. The smallest absolute Gasteiger partial charge is 0.295 e. The summed E-state index contributed by atoms with van der Waals surface area (Å²) in [6, 6.07) is 12.5. The van der Waals surface area contributed by atoms with Gasteiger partial charge in [-0.25, -0.2) is 0 Å². The fourth-order valence-electron chi connectivity index (χ4n) is 4.25. The summed E-state index contributed by atoms with van der Waals surface area (Å²) in [5, 5.41) is 11.3. The van der Waals surface area contributed by atoms with Crippen LogP contribution in [0.5, 0.6) is 5.75 Å². The number of methoxy groups -OCH3 is 1. The van der Waals surface area contributed by atoms with Crippen molar-refractivity contribution in [3.63, 3.8) is 0 Å². The summed E-state index contributed by atoms with van der Waals surface area (Å²) in [7, 11) is 1.55. The predicted molar refractivity (Wildman–Crippen MR) is 138 cm³/mol. The van der Waals surface area contributed by atoms with Gasteiger partial charge in [-0.1, -0.05) is 58.4 Å². The van der Waals surface area contributed by atoms with E-state index in [1.807, 2.05) is 31.2 Å². The van der Waals surface area contributed by atoms with Crippen molar-refractivity contribution in [1.82, 2.24) is 4.90 Å². The molecule has 2 aromatic carbocycles. The van der Waals surface area contributed by atoms with Crippen LogP contribution in [0.15, 0.2) is 48.0 Å². The van der Waals surface area contributed by atoms with Gasteiger partial charge in [0.2, 0.25) is 0 Å². The van der Waals surface area contributed by atoms with Gasteiger partial charge in [0.25, 0.3) is 11.7 Å². The Hall–Kier alpha value is -3.12. The van der Waals surface area contributed by atoms with E-state index in [1.54, 1.807) is 25.3 Å². The van der Waals surface area contributed by atoms with Gasteiger partial charge in [0, 0.05) is 19.2 Å². The number of unbranched alkanes of at least 4 members (excludes halogenated alkanes) is 1. The quantitative estimate of drug-likeness (QED) is 0.221. The molecule has 1 atom stereocenters. The maximum Gasteiger partial charge on any atom is 0.295 e. The zero-order chi connectivity index (χ0) is 25.8. The molecule has 1 amide bonds. The molecule has 1 aliphatic rings. The van der Waals surface area contributed by atoms with Gasteiger partial charge in [-0.05, 0) is 53.6 Å². The average Bonchev–Trinajstić information content (AvgIpc) is 3.07. The Morgan fingerprint density at radius 1 is 1.06 bits per heavy atom. The number of Topliss-reactive ketones (excluding diaryl/α,β-unsaturated/α-hetero) is 1. The minimum Gasteiger partial charge on any atom is -0.507 e. The van der Waals surface area contributed by atoms with Crippen LogP contribution in [0.3, 0.4) is 0 Å². The third-order valence-corrected chi connectivity index (χ3v) is 6.37. The molecule has 0 radical (unpaired) electrons. The number of ketones is 1. The molecule has 1 heterocycles.